The van der Waals surface area contributed by atoms with Crippen molar-refractivity contribution in [2.24, 2.45) is 15.7 Å². The zero-order valence-electron chi connectivity index (χ0n) is 14.2. The summed E-state index contributed by atoms with van der Waals surface area (Å²) in [5.74, 6) is 0. The fourth-order valence-corrected chi connectivity index (χ4v) is 3.04. The Morgan fingerprint density at radius 3 is 2.48 bits per heavy atom. The van der Waals surface area contributed by atoms with Gasteiger partial charge in [-0.05, 0) is 54.8 Å². The summed E-state index contributed by atoms with van der Waals surface area (Å²) in [6.07, 6.45) is 6.02. The second-order valence-electron chi connectivity index (χ2n) is 6.09. The van der Waals surface area contributed by atoms with Crippen LogP contribution in [0.2, 0.25) is 0 Å². The minimum Gasteiger partial charge on any atom is -0.397 e. The summed E-state index contributed by atoms with van der Waals surface area (Å²) in [4.78, 5) is 11.1. The number of rotatable bonds is 6. The number of aliphatic imine (C=N–C) groups is 2. The quantitative estimate of drug-likeness (QED) is 0.685. The first kappa shape index (κ1) is 17.4. The van der Waals surface area contributed by atoms with E-state index < -0.39 is 0 Å². The van der Waals surface area contributed by atoms with E-state index in [-0.39, 0.29) is 13.2 Å². The Kier molecular flexibility index (Phi) is 5.63. The van der Waals surface area contributed by atoms with Crippen LogP contribution in [0.4, 0.5) is 11.4 Å². The van der Waals surface area contributed by atoms with Crippen molar-refractivity contribution in [1.82, 2.24) is 0 Å². The van der Waals surface area contributed by atoms with Crippen molar-refractivity contribution < 1.29 is 10.2 Å². The number of allylic oxidation sites excluding steroid dienone is 3. The zero-order valence-corrected chi connectivity index (χ0v) is 14.2. The minimum absolute atomic E-state index is 0.0445. The third-order valence-corrected chi connectivity index (χ3v) is 4.32. The molecule has 6 nitrogen and oxygen atoms in total. The van der Waals surface area contributed by atoms with Gasteiger partial charge in [-0.15, -0.1) is 0 Å². The molecule has 0 bridgehead atoms. The molecule has 1 aliphatic heterocycles. The van der Waals surface area contributed by atoms with E-state index in [0.717, 1.165) is 42.2 Å². The second-order valence-corrected chi connectivity index (χ2v) is 6.09. The van der Waals surface area contributed by atoms with Crippen LogP contribution in [-0.2, 0) is 0 Å². The molecule has 0 radical (unpaired) electrons. The number of nitrogens with zero attached hydrogens (tertiary/aromatic N) is 3. The summed E-state index contributed by atoms with van der Waals surface area (Å²) in [6.45, 7) is 1.92. The summed E-state index contributed by atoms with van der Waals surface area (Å²) in [5, 5.41) is 18.3. The number of nitrogens with two attached hydrogens (primary N) is 1. The first-order valence-corrected chi connectivity index (χ1v) is 8.59. The lowest BCUT2D eigenvalue weighted by atomic mass is 9.94. The van der Waals surface area contributed by atoms with Crippen molar-refractivity contribution in [3.05, 3.63) is 47.7 Å². The van der Waals surface area contributed by atoms with Gasteiger partial charge in [-0.2, -0.15) is 0 Å². The monoisotopic (exact) mass is 340 g/mol. The maximum absolute atomic E-state index is 9.14. The Labute approximate surface area is 147 Å². The second kappa shape index (κ2) is 8.09. The minimum atomic E-state index is 0.0445. The summed E-state index contributed by atoms with van der Waals surface area (Å²) in [6, 6.07) is 7.71. The van der Waals surface area contributed by atoms with Gasteiger partial charge in [0.05, 0.1) is 36.0 Å². The molecule has 132 valence electrons. The van der Waals surface area contributed by atoms with Gasteiger partial charge in [0.25, 0.3) is 0 Å². The third-order valence-electron chi connectivity index (χ3n) is 4.32. The van der Waals surface area contributed by atoms with E-state index >= 15 is 0 Å². The van der Waals surface area contributed by atoms with Crippen LogP contribution in [0.15, 0.2) is 57.7 Å². The van der Waals surface area contributed by atoms with Gasteiger partial charge >= 0.3 is 0 Å². The van der Waals surface area contributed by atoms with Crippen LogP contribution in [0, 0.1) is 0 Å². The summed E-state index contributed by atoms with van der Waals surface area (Å²) in [5.41, 5.74) is 11.5. The van der Waals surface area contributed by atoms with Gasteiger partial charge in [0.15, 0.2) is 0 Å². The van der Waals surface area contributed by atoms with Crippen LogP contribution in [0.3, 0.4) is 0 Å². The summed E-state index contributed by atoms with van der Waals surface area (Å²) in [7, 11) is 0. The number of fused-ring (bicyclic) bond motifs is 1. The van der Waals surface area contributed by atoms with E-state index in [2.05, 4.69) is 9.98 Å². The van der Waals surface area contributed by atoms with E-state index in [4.69, 9.17) is 15.9 Å². The molecule has 1 aromatic carbocycles. The SMILES string of the molecule is NC1=CC2=NCCCC2=CC1=Nc1ccc(N(CCO)CCO)cc1. The Morgan fingerprint density at radius 1 is 1.08 bits per heavy atom. The molecule has 1 aliphatic carbocycles. The predicted octanol–water partition coefficient (Wildman–Crippen LogP) is 1.57. The lowest BCUT2D eigenvalue weighted by molar-refractivity contribution is 0.281. The topological polar surface area (TPSA) is 94.4 Å². The van der Waals surface area contributed by atoms with Crippen LogP contribution in [-0.4, -0.2) is 54.5 Å². The van der Waals surface area contributed by atoms with Crippen LogP contribution in [0.25, 0.3) is 0 Å². The van der Waals surface area contributed by atoms with Crippen LogP contribution in [0.1, 0.15) is 12.8 Å². The van der Waals surface area contributed by atoms with E-state index in [1.54, 1.807) is 0 Å². The molecule has 3 rings (SSSR count). The molecule has 1 heterocycles. The molecule has 0 fully saturated rings. The van der Waals surface area contributed by atoms with E-state index in [1.165, 1.54) is 5.57 Å². The van der Waals surface area contributed by atoms with Crippen LogP contribution in [0.5, 0.6) is 0 Å². The van der Waals surface area contributed by atoms with Gasteiger partial charge in [0.1, 0.15) is 0 Å². The highest BCUT2D eigenvalue weighted by Gasteiger charge is 2.17. The van der Waals surface area contributed by atoms with Crippen molar-refractivity contribution in [2.45, 2.75) is 12.8 Å². The molecule has 0 aromatic heterocycles. The molecule has 4 N–H and O–H groups in total. The zero-order chi connectivity index (χ0) is 17.6. The third kappa shape index (κ3) is 4.15. The maximum Gasteiger partial charge on any atom is 0.0870 e. The highest BCUT2D eigenvalue weighted by molar-refractivity contribution is 6.24. The molecule has 0 saturated heterocycles. The number of aliphatic hydroxyl groups excluding tert-OH is 2. The Morgan fingerprint density at radius 2 is 1.80 bits per heavy atom. The molecule has 0 spiro atoms. The smallest absolute Gasteiger partial charge is 0.0870 e. The van der Waals surface area contributed by atoms with Gasteiger partial charge in [-0.3, -0.25) is 4.99 Å². The first-order valence-electron chi connectivity index (χ1n) is 8.59. The molecule has 0 atom stereocenters. The Balaban J connectivity index is 1.81. The van der Waals surface area contributed by atoms with Gasteiger partial charge in [0.2, 0.25) is 0 Å². The predicted molar refractivity (Wildman–Crippen MR) is 102 cm³/mol. The van der Waals surface area contributed by atoms with Crippen LogP contribution < -0.4 is 10.6 Å². The number of hydrogen-bond acceptors (Lipinski definition) is 6. The van der Waals surface area contributed by atoms with Gasteiger partial charge in [0, 0.05) is 25.3 Å². The number of benzene rings is 1. The van der Waals surface area contributed by atoms with Crippen molar-refractivity contribution in [2.75, 3.05) is 37.7 Å². The molecular weight excluding hydrogens is 316 g/mol. The average molecular weight is 340 g/mol. The molecule has 25 heavy (non-hydrogen) atoms. The average Bonchev–Trinajstić information content (AvgIpc) is 2.63. The highest BCUT2D eigenvalue weighted by Crippen LogP contribution is 2.24. The number of aliphatic hydroxyl groups is 2. The van der Waals surface area contributed by atoms with Crippen molar-refractivity contribution in [3.63, 3.8) is 0 Å². The lowest BCUT2D eigenvalue weighted by Gasteiger charge is -2.23. The summed E-state index contributed by atoms with van der Waals surface area (Å²) >= 11 is 0. The molecule has 1 aromatic rings. The van der Waals surface area contributed by atoms with Crippen molar-refractivity contribution in [1.29, 1.82) is 0 Å². The molecule has 0 saturated carbocycles. The Hall–Kier alpha value is -2.44. The van der Waals surface area contributed by atoms with Crippen LogP contribution >= 0.6 is 0 Å². The first-order chi connectivity index (χ1) is 12.2. The number of anilines is 1. The maximum atomic E-state index is 9.14. The van der Waals surface area contributed by atoms with Gasteiger partial charge in [-0.25, -0.2) is 4.99 Å². The van der Waals surface area contributed by atoms with E-state index in [9.17, 15) is 0 Å². The molecule has 0 amide bonds. The Bertz CT molecular complexity index is 726. The van der Waals surface area contributed by atoms with Crippen molar-refractivity contribution in [3.8, 4) is 0 Å². The van der Waals surface area contributed by atoms with E-state index in [0.29, 0.717) is 18.8 Å². The molecular formula is C19H24N4O2. The standard InChI is InChI=1S/C19H24N4O2/c20-17-13-18-14(2-1-7-21-18)12-19(17)22-15-3-5-16(6-4-15)23(8-10-24)9-11-25/h3-6,12-13,24-25H,1-2,7-11,20H2. The number of hydrogen-bond donors (Lipinski definition) is 3. The molecule has 0 unspecified atom stereocenters. The molecule has 6 heteroatoms. The highest BCUT2D eigenvalue weighted by atomic mass is 16.3. The van der Waals surface area contributed by atoms with Gasteiger partial charge in [-0.1, -0.05) is 0 Å². The van der Waals surface area contributed by atoms with Crippen molar-refractivity contribution >= 4 is 22.8 Å². The largest absolute Gasteiger partial charge is 0.397 e. The normalized spacial score (nSPS) is 18.3. The van der Waals surface area contributed by atoms with Gasteiger partial charge < -0.3 is 20.8 Å². The fraction of sp³-hybridized carbons (Fsp3) is 0.368. The summed E-state index contributed by atoms with van der Waals surface area (Å²) < 4.78 is 0. The lowest BCUT2D eigenvalue weighted by Crippen LogP contribution is -2.29. The molecule has 2 aliphatic rings. The van der Waals surface area contributed by atoms with E-state index in [1.807, 2.05) is 41.3 Å². The fourth-order valence-electron chi connectivity index (χ4n) is 3.04.